The predicted molar refractivity (Wildman–Crippen MR) is 76.9 cm³/mol. The van der Waals surface area contributed by atoms with Gasteiger partial charge in [0.1, 0.15) is 5.82 Å². The fourth-order valence-electron chi connectivity index (χ4n) is 3.16. The zero-order valence-electron chi connectivity index (χ0n) is 11.4. The Morgan fingerprint density at radius 3 is 2.89 bits per heavy atom. The van der Waals surface area contributed by atoms with Gasteiger partial charge < -0.3 is 16.4 Å². The van der Waals surface area contributed by atoms with Crippen LogP contribution in [0.5, 0.6) is 0 Å². The number of rotatable bonds is 3. The van der Waals surface area contributed by atoms with E-state index < -0.39 is 0 Å². The van der Waals surface area contributed by atoms with E-state index in [1.807, 2.05) is 0 Å². The number of aromatic nitrogens is 2. The number of fused-ring (bicyclic) bond motifs is 1. The van der Waals surface area contributed by atoms with Gasteiger partial charge in [0.15, 0.2) is 0 Å². The molecular weight excluding hydrogens is 238 g/mol. The first-order valence-electron chi connectivity index (χ1n) is 7.43. The number of hydrogen-bond acceptors (Lipinski definition) is 5. The second-order valence-electron chi connectivity index (χ2n) is 5.67. The molecule has 0 atom stereocenters. The number of nitrogen functional groups attached to an aromatic ring is 1. The van der Waals surface area contributed by atoms with Crippen LogP contribution in [0, 0.1) is 5.92 Å². The van der Waals surface area contributed by atoms with Gasteiger partial charge in [0.05, 0.1) is 5.69 Å². The largest absolute Gasteiger partial charge is 0.369 e. The summed E-state index contributed by atoms with van der Waals surface area (Å²) in [5, 5.41) is 6.85. The molecule has 3 rings (SSSR count). The molecule has 0 aromatic carbocycles. The number of hydrogen-bond donors (Lipinski definition) is 3. The molecule has 5 heteroatoms. The third-order valence-corrected chi connectivity index (χ3v) is 4.24. The molecule has 1 aliphatic carbocycles. The average Bonchev–Trinajstić information content (AvgIpc) is 2.45. The molecule has 1 fully saturated rings. The van der Waals surface area contributed by atoms with Crippen molar-refractivity contribution in [2.24, 2.45) is 5.92 Å². The summed E-state index contributed by atoms with van der Waals surface area (Å²) < 4.78 is 0. The number of anilines is 2. The van der Waals surface area contributed by atoms with Crippen LogP contribution in [0.15, 0.2) is 0 Å². The molecule has 0 radical (unpaired) electrons. The number of nitrogens with zero attached hydrogens (tertiary/aromatic N) is 2. The van der Waals surface area contributed by atoms with Crippen LogP contribution >= 0.6 is 0 Å². The van der Waals surface area contributed by atoms with Gasteiger partial charge >= 0.3 is 0 Å². The lowest BCUT2D eigenvalue weighted by molar-refractivity contribution is 0.373. The third-order valence-electron chi connectivity index (χ3n) is 4.24. The minimum absolute atomic E-state index is 0.383. The first kappa shape index (κ1) is 12.7. The van der Waals surface area contributed by atoms with Crippen molar-refractivity contribution in [3.63, 3.8) is 0 Å². The fraction of sp³-hybridized carbons (Fsp3) is 0.714. The maximum absolute atomic E-state index is 5.80. The molecule has 4 N–H and O–H groups in total. The van der Waals surface area contributed by atoms with Crippen molar-refractivity contribution in [3.8, 4) is 0 Å². The van der Waals surface area contributed by atoms with Crippen LogP contribution < -0.4 is 16.4 Å². The highest BCUT2D eigenvalue weighted by Gasteiger charge is 2.18. The second kappa shape index (κ2) is 5.74. The Bertz CT molecular complexity index is 440. The van der Waals surface area contributed by atoms with Crippen LogP contribution in [0.25, 0.3) is 0 Å². The second-order valence-corrected chi connectivity index (χ2v) is 5.67. The minimum Gasteiger partial charge on any atom is -0.369 e. The van der Waals surface area contributed by atoms with E-state index in [0.717, 1.165) is 43.5 Å². The molecule has 0 saturated heterocycles. The van der Waals surface area contributed by atoms with Crippen LogP contribution in [-0.4, -0.2) is 23.1 Å². The van der Waals surface area contributed by atoms with Crippen molar-refractivity contribution >= 4 is 11.8 Å². The maximum Gasteiger partial charge on any atom is 0.222 e. The van der Waals surface area contributed by atoms with E-state index in [1.165, 1.54) is 37.7 Å². The molecule has 1 aliphatic heterocycles. The fourth-order valence-corrected chi connectivity index (χ4v) is 3.16. The summed E-state index contributed by atoms with van der Waals surface area (Å²) >= 11 is 0. The lowest BCUT2D eigenvalue weighted by atomic mass is 9.89. The molecular formula is C14H23N5. The Labute approximate surface area is 114 Å². The highest BCUT2D eigenvalue weighted by molar-refractivity contribution is 5.50. The highest BCUT2D eigenvalue weighted by atomic mass is 15.1. The minimum atomic E-state index is 0.383. The maximum atomic E-state index is 5.80. The Hall–Kier alpha value is -1.36. The van der Waals surface area contributed by atoms with Crippen LogP contribution in [-0.2, 0) is 13.0 Å². The monoisotopic (exact) mass is 261 g/mol. The first-order valence-corrected chi connectivity index (χ1v) is 7.43. The molecule has 1 aromatic heterocycles. The summed E-state index contributed by atoms with van der Waals surface area (Å²) in [4.78, 5) is 8.73. The lowest BCUT2D eigenvalue weighted by Gasteiger charge is -2.24. The van der Waals surface area contributed by atoms with E-state index in [9.17, 15) is 0 Å². The quantitative estimate of drug-likeness (QED) is 0.772. The average molecular weight is 261 g/mol. The molecule has 0 unspecified atom stereocenters. The standard InChI is InChI=1S/C14H23N5/c15-14-18-12-9-16-7-6-11(12)13(19-14)17-8-10-4-2-1-3-5-10/h10,16H,1-9H2,(H3,15,17,18,19). The zero-order chi connectivity index (χ0) is 13.1. The summed E-state index contributed by atoms with van der Waals surface area (Å²) in [6.45, 7) is 2.83. The highest BCUT2D eigenvalue weighted by Crippen LogP contribution is 2.25. The molecule has 5 nitrogen and oxygen atoms in total. The Balaban J connectivity index is 1.70. The normalized spacial score (nSPS) is 20.0. The van der Waals surface area contributed by atoms with Gasteiger partial charge in [-0.25, -0.2) is 4.98 Å². The van der Waals surface area contributed by atoms with Crippen molar-refractivity contribution in [1.82, 2.24) is 15.3 Å². The summed E-state index contributed by atoms with van der Waals surface area (Å²) in [6.07, 6.45) is 7.83. The van der Waals surface area contributed by atoms with E-state index >= 15 is 0 Å². The summed E-state index contributed by atoms with van der Waals surface area (Å²) in [6, 6.07) is 0. The van der Waals surface area contributed by atoms with Gasteiger partial charge in [0.25, 0.3) is 0 Å². The van der Waals surface area contributed by atoms with E-state index in [2.05, 4.69) is 20.6 Å². The summed E-state index contributed by atoms with van der Waals surface area (Å²) in [5.74, 6) is 2.14. The molecule has 1 aromatic rings. The van der Waals surface area contributed by atoms with Crippen LogP contribution in [0.1, 0.15) is 43.4 Å². The molecule has 0 amide bonds. The van der Waals surface area contributed by atoms with Gasteiger partial charge in [-0.2, -0.15) is 4.98 Å². The van der Waals surface area contributed by atoms with Gasteiger partial charge in [-0.05, 0) is 31.7 Å². The Morgan fingerprint density at radius 2 is 2.05 bits per heavy atom. The van der Waals surface area contributed by atoms with Crippen molar-refractivity contribution in [2.45, 2.75) is 45.1 Å². The van der Waals surface area contributed by atoms with Crippen molar-refractivity contribution in [1.29, 1.82) is 0 Å². The molecule has 2 heterocycles. The topological polar surface area (TPSA) is 75.9 Å². The van der Waals surface area contributed by atoms with Gasteiger partial charge in [0, 0.05) is 18.7 Å². The Morgan fingerprint density at radius 1 is 1.21 bits per heavy atom. The van der Waals surface area contributed by atoms with E-state index in [1.54, 1.807) is 0 Å². The van der Waals surface area contributed by atoms with Crippen LogP contribution in [0.4, 0.5) is 11.8 Å². The zero-order valence-corrected chi connectivity index (χ0v) is 11.4. The molecule has 104 valence electrons. The van der Waals surface area contributed by atoms with E-state index in [0.29, 0.717) is 5.95 Å². The molecule has 2 aliphatic rings. The molecule has 0 spiro atoms. The lowest BCUT2D eigenvalue weighted by Crippen LogP contribution is -2.27. The predicted octanol–water partition coefficient (Wildman–Crippen LogP) is 1.70. The van der Waals surface area contributed by atoms with Crippen molar-refractivity contribution in [3.05, 3.63) is 11.3 Å². The van der Waals surface area contributed by atoms with E-state index in [-0.39, 0.29) is 0 Å². The van der Waals surface area contributed by atoms with E-state index in [4.69, 9.17) is 5.73 Å². The SMILES string of the molecule is Nc1nc2c(c(NCC3CCCCC3)n1)CCNC2. The molecule has 19 heavy (non-hydrogen) atoms. The van der Waals surface area contributed by atoms with Crippen LogP contribution in [0.2, 0.25) is 0 Å². The smallest absolute Gasteiger partial charge is 0.222 e. The Kier molecular flexibility index (Phi) is 3.82. The van der Waals surface area contributed by atoms with Gasteiger partial charge in [-0.1, -0.05) is 19.3 Å². The summed E-state index contributed by atoms with van der Waals surface area (Å²) in [5.41, 5.74) is 8.11. The van der Waals surface area contributed by atoms with Gasteiger partial charge in [0.2, 0.25) is 5.95 Å². The number of nitrogens with one attached hydrogen (secondary N) is 2. The van der Waals surface area contributed by atoms with Crippen molar-refractivity contribution in [2.75, 3.05) is 24.1 Å². The third kappa shape index (κ3) is 2.97. The van der Waals surface area contributed by atoms with Gasteiger partial charge in [-0.15, -0.1) is 0 Å². The molecule has 1 saturated carbocycles. The molecule has 0 bridgehead atoms. The number of nitrogens with two attached hydrogens (primary N) is 1. The van der Waals surface area contributed by atoms with Crippen molar-refractivity contribution < 1.29 is 0 Å². The van der Waals surface area contributed by atoms with Crippen LogP contribution in [0.3, 0.4) is 0 Å². The summed E-state index contributed by atoms with van der Waals surface area (Å²) in [7, 11) is 0. The first-order chi connectivity index (χ1) is 9.33. The van der Waals surface area contributed by atoms with Gasteiger partial charge in [-0.3, -0.25) is 0 Å².